The molecule has 2 aromatic rings. The molecule has 0 fully saturated rings. The summed E-state index contributed by atoms with van der Waals surface area (Å²) in [5.41, 5.74) is 0. The summed E-state index contributed by atoms with van der Waals surface area (Å²) in [5, 5.41) is 13.1. The third-order valence-corrected chi connectivity index (χ3v) is 4.72. The van der Waals surface area contributed by atoms with Crippen molar-refractivity contribution in [3.63, 3.8) is 0 Å². The largest absolute Gasteiger partial charge is 0.491 e. The highest BCUT2D eigenvalue weighted by Gasteiger charge is 2.05. The Bertz CT molecular complexity index is 530. The number of ether oxygens (including phenoxy) is 1. The van der Waals surface area contributed by atoms with Crippen molar-refractivity contribution in [3.8, 4) is 5.75 Å². The van der Waals surface area contributed by atoms with Crippen molar-refractivity contribution in [3.05, 3.63) is 49.5 Å². The lowest BCUT2D eigenvalue weighted by atomic mass is 10.3. The molecule has 0 aliphatic carbocycles. The molecule has 1 heterocycles. The monoisotopic (exact) mass is 419 g/mol. The van der Waals surface area contributed by atoms with E-state index in [-0.39, 0.29) is 6.61 Å². The molecule has 0 aliphatic rings. The van der Waals surface area contributed by atoms with Crippen LogP contribution in [-0.4, -0.2) is 24.4 Å². The van der Waals surface area contributed by atoms with Crippen molar-refractivity contribution in [2.45, 2.75) is 12.6 Å². The highest BCUT2D eigenvalue weighted by atomic mass is 79.9. The third-order valence-electron chi connectivity index (χ3n) is 2.56. The molecule has 108 valence electrons. The summed E-state index contributed by atoms with van der Waals surface area (Å²) in [5.74, 6) is 0.759. The Morgan fingerprint density at radius 3 is 2.55 bits per heavy atom. The zero-order chi connectivity index (χ0) is 14.4. The van der Waals surface area contributed by atoms with Gasteiger partial charge in [0.1, 0.15) is 18.5 Å². The molecule has 2 rings (SSSR count). The SMILES string of the molecule is OC(CNCc1ccc(Br)s1)COc1ccc(Br)cc1. The molecule has 1 aromatic heterocycles. The molecule has 0 saturated heterocycles. The van der Waals surface area contributed by atoms with Gasteiger partial charge in [-0.1, -0.05) is 15.9 Å². The molecular formula is C14H15Br2NO2S. The van der Waals surface area contributed by atoms with Gasteiger partial charge in [-0.25, -0.2) is 0 Å². The zero-order valence-electron chi connectivity index (χ0n) is 10.7. The summed E-state index contributed by atoms with van der Waals surface area (Å²) < 4.78 is 7.64. The third kappa shape index (κ3) is 5.54. The van der Waals surface area contributed by atoms with Gasteiger partial charge in [-0.15, -0.1) is 11.3 Å². The summed E-state index contributed by atoms with van der Waals surface area (Å²) in [7, 11) is 0. The molecule has 1 unspecified atom stereocenters. The van der Waals surface area contributed by atoms with Crippen LogP contribution in [0.5, 0.6) is 5.75 Å². The Labute approximate surface area is 139 Å². The van der Waals surface area contributed by atoms with Crippen LogP contribution in [0, 0.1) is 0 Å². The first-order chi connectivity index (χ1) is 9.63. The van der Waals surface area contributed by atoms with E-state index in [9.17, 15) is 5.11 Å². The van der Waals surface area contributed by atoms with E-state index in [2.05, 4.69) is 43.2 Å². The van der Waals surface area contributed by atoms with Crippen LogP contribution in [0.15, 0.2) is 44.7 Å². The maximum Gasteiger partial charge on any atom is 0.119 e. The van der Waals surface area contributed by atoms with Gasteiger partial charge in [0.05, 0.1) is 3.79 Å². The van der Waals surface area contributed by atoms with Crippen molar-refractivity contribution < 1.29 is 9.84 Å². The average molecular weight is 421 g/mol. The second-order valence-corrected chi connectivity index (χ2v) is 7.72. The Morgan fingerprint density at radius 2 is 1.90 bits per heavy atom. The van der Waals surface area contributed by atoms with Crippen molar-refractivity contribution in [1.29, 1.82) is 0 Å². The molecule has 0 bridgehead atoms. The van der Waals surface area contributed by atoms with Gasteiger partial charge in [-0.05, 0) is 52.3 Å². The minimum atomic E-state index is -0.526. The van der Waals surface area contributed by atoms with Crippen molar-refractivity contribution >= 4 is 43.2 Å². The van der Waals surface area contributed by atoms with Crippen molar-refractivity contribution in [2.24, 2.45) is 0 Å². The van der Waals surface area contributed by atoms with Gasteiger partial charge in [0.2, 0.25) is 0 Å². The van der Waals surface area contributed by atoms with Crippen LogP contribution in [0.2, 0.25) is 0 Å². The van der Waals surface area contributed by atoms with Gasteiger partial charge in [-0.2, -0.15) is 0 Å². The topological polar surface area (TPSA) is 41.5 Å². The highest BCUT2D eigenvalue weighted by Crippen LogP contribution is 2.21. The van der Waals surface area contributed by atoms with Gasteiger partial charge in [-0.3, -0.25) is 0 Å². The minimum absolute atomic E-state index is 0.281. The maximum absolute atomic E-state index is 9.85. The van der Waals surface area contributed by atoms with Crippen LogP contribution >= 0.6 is 43.2 Å². The van der Waals surface area contributed by atoms with E-state index in [0.717, 1.165) is 20.6 Å². The van der Waals surface area contributed by atoms with Crippen LogP contribution in [-0.2, 0) is 6.54 Å². The van der Waals surface area contributed by atoms with Gasteiger partial charge in [0.15, 0.2) is 0 Å². The summed E-state index contributed by atoms with van der Waals surface area (Å²) in [6, 6.07) is 11.6. The molecule has 0 spiro atoms. The molecule has 1 atom stereocenters. The molecule has 0 radical (unpaired) electrons. The lowest BCUT2D eigenvalue weighted by molar-refractivity contribution is 0.106. The first-order valence-corrected chi connectivity index (χ1v) is 8.55. The molecule has 2 N–H and O–H groups in total. The van der Waals surface area contributed by atoms with Gasteiger partial charge in [0.25, 0.3) is 0 Å². The number of aliphatic hydroxyl groups excluding tert-OH is 1. The van der Waals surface area contributed by atoms with Crippen LogP contribution in [0.25, 0.3) is 0 Å². The predicted molar refractivity (Wildman–Crippen MR) is 89.4 cm³/mol. The van der Waals surface area contributed by atoms with Crippen molar-refractivity contribution in [1.82, 2.24) is 5.32 Å². The van der Waals surface area contributed by atoms with E-state index in [1.54, 1.807) is 11.3 Å². The predicted octanol–water partition coefficient (Wildman–Crippen LogP) is 3.80. The van der Waals surface area contributed by atoms with E-state index in [4.69, 9.17) is 4.74 Å². The summed E-state index contributed by atoms with van der Waals surface area (Å²) in [6.07, 6.45) is -0.526. The van der Waals surface area contributed by atoms with Crippen LogP contribution in [0.3, 0.4) is 0 Å². The average Bonchev–Trinajstić information content (AvgIpc) is 2.84. The number of halogens is 2. The van der Waals surface area contributed by atoms with Crippen LogP contribution < -0.4 is 10.1 Å². The molecule has 0 saturated carbocycles. The summed E-state index contributed by atoms with van der Waals surface area (Å²) >= 11 is 8.48. The lowest BCUT2D eigenvalue weighted by Crippen LogP contribution is -2.30. The van der Waals surface area contributed by atoms with E-state index < -0.39 is 6.10 Å². The molecule has 0 aliphatic heterocycles. The fraction of sp³-hybridized carbons (Fsp3) is 0.286. The van der Waals surface area contributed by atoms with Gasteiger partial charge < -0.3 is 15.2 Å². The second-order valence-electron chi connectivity index (χ2n) is 4.26. The first kappa shape index (κ1) is 16.0. The second kappa shape index (κ2) is 8.14. The molecule has 6 heteroatoms. The van der Waals surface area contributed by atoms with E-state index in [1.165, 1.54) is 4.88 Å². The Kier molecular flexibility index (Phi) is 6.51. The lowest BCUT2D eigenvalue weighted by Gasteiger charge is -2.13. The first-order valence-electron chi connectivity index (χ1n) is 6.15. The number of thiophene rings is 1. The number of hydrogen-bond donors (Lipinski definition) is 2. The number of benzene rings is 1. The standard InChI is InChI=1S/C14H15Br2NO2S/c15-10-1-3-12(4-2-10)19-9-11(18)7-17-8-13-5-6-14(16)20-13/h1-6,11,17-18H,7-9H2. The Morgan fingerprint density at radius 1 is 1.15 bits per heavy atom. The normalized spacial score (nSPS) is 12.3. The smallest absolute Gasteiger partial charge is 0.119 e. The fourth-order valence-electron chi connectivity index (χ4n) is 1.59. The molecular weight excluding hydrogens is 406 g/mol. The van der Waals surface area contributed by atoms with Crippen LogP contribution in [0.1, 0.15) is 4.88 Å². The van der Waals surface area contributed by atoms with Crippen LogP contribution in [0.4, 0.5) is 0 Å². The minimum Gasteiger partial charge on any atom is -0.491 e. The summed E-state index contributed by atoms with van der Waals surface area (Å²) in [4.78, 5) is 1.23. The number of aliphatic hydroxyl groups is 1. The molecule has 20 heavy (non-hydrogen) atoms. The highest BCUT2D eigenvalue weighted by molar-refractivity contribution is 9.11. The van der Waals surface area contributed by atoms with E-state index >= 15 is 0 Å². The molecule has 1 aromatic carbocycles. The van der Waals surface area contributed by atoms with Gasteiger partial charge in [0, 0.05) is 22.4 Å². The number of rotatable bonds is 7. The Hall–Kier alpha value is -0.400. The number of hydrogen-bond acceptors (Lipinski definition) is 4. The number of nitrogens with one attached hydrogen (secondary N) is 1. The molecule has 0 amide bonds. The van der Waals surface area contributed by atoms with Crippen molar-refractivity contribution in [2.75, 3.05) is 13.2 Å². The maximum atomic E-state index is 9.85. The van der Waals surface area contributed by atoms with E-state index in [0.29, 0.717) is 6.54 Å². The summed E-state index contributed by atoms with van der Waals surface area (Å²) in [6.45, 7) is 1.54. The molecule has 3 nitrogen and oxygen atoms in total. The zero-order valence-corrected chi connectivity index (χ0v) is 14.7. The quantitative estimate of drug-likeness (QED) is 0.715. The Balaban J connectivity index is 1.65. The van der Waals surface area contributed by atoms with E-state index in [1.807, 2.05) is 30.3 Å². The van der Waals surface area contributed by atoms with Gasteiger partial charge >= 0.3 is 0 Å². The fourth-order valence-corrected chi connectivity index (χ4v) is 3.31.